The third-order valence-corrected chi connectivity index (χ3v) is 2.53. The van der Waals surface area contributed by atoms with Crippen molar-refractivity contribution in [1.82, 2.24) is 4.90 Å². The van der Waals surface area contributed by atoms with Crippen LogP contribution in [0.25, 0.3) is 0 Å². The number of likely N-dealkylation sites (tertiary alicyclic amines) is 1. The molecule has 5 heteroatoms. The van der Waals surface area contributed by atoms with Crippen LogP contribution in [0.15, 0.2) is 0 Å². The standard InChI is InChI=1S/C8H13NO4/c1-6(11)9-4-2-3-8(9,5-10)7(12)13/h10H,2-5H2,1H3,(H,12,13)/t8-/m0/s1. The van der Waals surface area contributed by atoms with Crippen LogP contribution in [0.4, 0.5) is 0 Å². The van der Waals surface area contributed by atoms with E-state index >= 15 is 0 Å². The fraction of sp³-hybridized carbons (Fsp3) is 0.750. The molecule has 1 aliphatic rings. The van der Waals surface area contributed by atoms with Gasteiger partial charge in [0.1, 0.15) is 0 Å². The minimum atomic E-state index is -1.37. The largest absolute Gasteiger partial charge is 0.479 e. The van der Waals surface area contributed by atoms with Gasteiger partial charge in [-0.3, -0.25) is 4.79 Å². The lowest BCUT2D eigenvalue weighted by Crippen LogP contribution is -2.55. The Bertz CT molecular complexity index is 240. The van der Waals surface area contributed by atoms with Gasteiger partial charge in [0.05, 0.1) is 6.61 Å². The quantitative estimate of drug-likeness (QED) is 0.607. The van der Waals surface area contributed by atoms with E-state index in [0.29, 0.717) is 19.4 Å². The van der Waals surface area contributed by atoms with Gasteiger partial charge < -0.3 is 15.1 Å². The molecule has 0 aromatic carbocycles. The van der Waals surface area contributed by atoms with Gasteiger partial charge in [0.25, 0.3) is 0 Å². The fourth-order valence-electron chi connectivity index (χ4n) is 1.79. The van der Waals surface area contributed by atoms with Gasteiger partial charge in [-0.25, -0.2) is 4.79 Å². The molecule has 0 aromatic rings. The Kier molecular flexibility index (Phi) is 2.56. The van der Waals surface area contributed by atoms with E-state index in [1.54, 1.807) is 0 Å². The maximum atomic E-state index is 11.1. The number of carbonyl (C=O) groups is 2. The normalized spacial score (nSPS) is 27.7. The summed E-state index contributed by atoms with van der Waals surface area (Å²) >= 11 is 0. The molecule has 0 radical (unpaired) electrons. The maximum absolute atomic E-state index is 11.1. The topological polar surface area (TPSA) is 77.8 Å². The second-order valence-corrected chi connectivity index (χ2v) is 3.27. The van der Waals surface area contributed by atoms with Crippen molar-refractivity contribution < 1.29 is 19.8 Å². The lowest BCUT2D eigenvalue weighted by atomic mass is 9.97. The third kappa shape index (κ3) is 1.39. The van der Waals surface area contributed by atoms with Crippen molar-refractivity contribution in [1.29, 1.82) is 0 Å². The smallest absolute Gasteiger partial charge is 0.332 e. The molecule has 1 heterocycles. The fourth-order valence-corrected chi connectivity index (χ4v) is 1.79. The molecule has 1 rings (SSSR count). The number of aliphatic hydroxyl groups is 1. The van der Waals surface area contributed by atoms with E-state index in [9.17, 15) is 9.59 Å². The maximum Gasteiger partial charge on any atom is 0.332 e. The Labute approximate surface area is 76.0 Å². The van der Waals surface area contributed by atoms with Gasteiger partial charge in [-0.2, -0.15) is 0 Å². The monoisotopic (exact) mass is 187 g/mol. The number of hydrogen-bond acceptors (Lipinski definition) is 3. The predicted molar refractivity (Wildman–Crippen MR) is 44.1 cm³/mol. The van der Waals surface area contributed by atoms with Crippen LogP contribution >= 0.6 is 0 Å². The first kappa shape index (κ1) is 9.98. The molecule has 0 bridgehead atoms. The van der Waals surface area contributed by atoms with Crippen LogP contribution in [-0.2, 0) is 9.59 Å². The van der Waals surface area contributed by atoms with Crippen molar-refractivity contribution in [3.63, 3.8) is 0 Å². The highest BCUT2D eigenvalue weighted by Crippen LogP contribution is 2.29. The minimum Gasteiger partial charge on any atom is -0.479 e. The number of rotatable bonds is 2. The van der Waals surface area contributed by atoms with E-state index in [2.05, 4.69) is 0 Å². The molecule has 0 aromatic heterocycles. The van der Waals surface area contributed by atoms with Crippen LogP contribution in [-0.4, -0.2) is 45.7 Å². The summed E-state index contributed by atoms with van der Waals surface area (Å²) in [6, 6.07) is 0. The first-order chi connectivity index (χ1) is 6.04. The van der Waals surface area contributed by atoms with Crippen molar-refractivity contribution in [2.45, 2.75) is 25.3 Å². The van der Waals surface area contributed by atoms with E-state index in [1.807, 2.05) is 0 Å². The summed E-state index contributed by atoms with van der Waals surface area (Å²) in [7, 11) is 0. The number of carbonyl (C=O) groups excluding carboxylic acids is 1. The van der Waals surface area contributed by atoms with Crippen molar-refractivity contribution in [2.24, 2.45) is 0 Å². The van der Waals surface area contributed by atoms with Gasteiger partial charge in [0.2, 0.25) is 5.91 Å². The molecular weight excluding hydrogens is 174 g/mol. The van der Waals surface area contributed by atoms with Gasteiger partial charge in [-0.1, -0.05) is 0 Å². The Morgan fingerprint density at radius 2 is 2.15 bits per heavy atom. The molecule has 0 unspecified atom stereocenters. The molecule has 1 atom stereocenters. The molecule has 0 aliphatic carbocycles. The number of carboxylic acid groups (broad SMARTS) is 1. The Hall–Kier alpha value is -1.10. The Balaban J connectivity index is 2.96. The predicted octanol–water partition coefficient (Wildman–Crippen LogP) is -0.556. The average molecular weight is 187 g/mol. The Morgan fingerprint density at radius 1 is 1.54 bits per heavy atom. The summed E-state index contributed by atoms with van der Waals surface area (Å²) in [6.07, 6.45) is 0.963. The van der Waals surface area contributed by atoms with Crippen LogP contribution in [0.3, 0.4) is 0 Å². The number of aliphatic hydroxyl groups excluding tert-OH is 1. The van der Waals surface area contributed by atoms with Crippen LogP contribution in [0.5, 0.6) is 0 Å². The van der Waals surface area contributed by atoms with Gasteiger partial charge in [-0.05, 0) is 12.8 Å². The lowest BCUT2D eigenvalue weighted by molar-refractivity contribution is -0.158. The zero-order valence-corrected chi connectivity index (χ0v) is 7.49. The van der Waals surface area contributed by atoms with Gasteiger partial charge >= 0.3 is 5.97 Å². The minimum absolute atomic E-state index is 0.297. The van der Waals surface area contributed by atoms with Gasteiger partial charge in [-0.15, -0.1) is 0 Å². The van der Waals surface area contributed by atoms with Crippen molar-refractivity contribution in [2.75, 3.05) is 13.2 Å². The van der Waals surface area contributed by atoms with Crippen LogP contribution in [0.2, 0.25) is 0 Å². The molecular formula is C8H13NO4. The molecule has 13 heavy (non-hydrogen) atoms. The average Bonchev–Trinajstić information content (AvgIpc) is 2.48. The second kappa shape index (κ2) is 3.33. The third-order valence-electron chi connectivity index (χ3n) is 2.53. The highest BCUT2D eigenvalue weighted by molar-refractivity contribution is 5.86. The van der Waals surface area contributed by atoms with Crippen molar-refractivity contribution in [3.8, 4) is 0 Å². The van der Waals surface area contributed by atoms with E-state index in [0.717, 1.165) is 0 Å². The highest BCUT2D eigenvalue weighted by atomic mass is 16.4. The molecule has 1 amide bonds. The van der Waals surface area contributed by atoms with E-state index in [4.69, 9.17) is 10.2 Å². The van der Waals surface area contributed by atoms with E-state index in [1.165, 1.54) is 11.8 Å². The molecule has 74 valence electrons. The van der Waals surface area contributed by atoms with E-state index < -0.39 is 18.1 Å². The number of amides is 1. The number of aliphatic carboxylic acids is 1. The van der Waals surface area contributed by atoms with Crippen molar-refractivity contribution in [3.05, 3.63) is 0 Å². The SMILES string of the molecule is CC(=O)N1CCC[C@]1(CO)C(=O)O. The molecule has 0 spiro atoms. The highest BCUT2D eigenvalue weighted by Gasteiger charge is 2.48. The first-order valence-electron chi connectivity index (χ1n) is 4.17. The lowest BCUT2D eigenvalue weighted by Gasteiger charge is -2.31. The van der Waals surface area contributed by atoms with E-state index in [-0.39, 0.29) is 5.91 Å². The zero-order valence-electron chi connectivity index (χ0n) is 7.49. The summed E-state index contributed by atoms with van der Waals surface area (Å²) in [5.74, 6) is -1.42. The number of nitrogens with zero attached hydrogens (tertiary/aromatic N) is 1. The molecule has 2 N–H and O–H groups in total. The number of hydrogen-bond donors (Lipinski definition) is 2. The van der Waals surface area contributed by atoms with Crippen molar-refractivity contribution >= 4 is 11.9 Å². The van der Waals surface area contributed by atoms with Crippen LogP contribution in [0.1, 0.15) is 19.8 Å². The number of carboxylic acids is 1. The summed E-state index contributed by atoms with van der Waals surface area (Å²) in [6.45, 7) is 1.22. The summed E-state index contributed by atoms with van der Waals surface area (Å²) in [5.41, 5.74) is -1.37. The first-order valence-corrected chi connectivity index (χ1v) is 4.17. The van der Waals surface area contributed by atoms with Gasteiger partial charge in [0, 0.05) is 13.5 Å². The molecule has 1 fully saturated rings. The molecule has 1 saturated heterocycles. The molecule has 5 nitrogen and oxygen atoms in total. The van der Waals surface area contributed by atoms with Crippen LogP contribution < -0.4 is 0 Å². The van der Waals surface area contributed by atoms with Crippen LogP contribution in [0, 0.1) is 0 Å². The summed E-state index contributed by atoms with van der Waals surface area (Å²) in [4.78, 5) is 23.2. The second-order valence-electron chi connectivity index (χ2n) is 3.27. The summed E-state index contributed by atoms with van der Waals surface area (Å²) < 4.78 is 0. The van der Waals surface area contributed by atoms with Gasteiger partial charge in [0.15, 0.2) is 5.54 Å². The Morgan fingerprint density at radius 3 is 2.46 bits per heavy atom. The molecule has 0 saturated carbocycles. The zero-order chi connectivity index (χ0) is 10.1. The summed E-state index contributed by atoms with van der Waals surface area (Å²) in [5, 5.41) is 18.0. The molecule has 1 aliphatic heterocycles.